The van der Waals surface area contributed by atoms with E-state index in [4.69, 9.17) is 10.5 Å². The molecule has 2 N–H and O–H groups in total. The SMILES string of the molecule is Cc1ccccc1COc1ccc([C@@H](C)N)cc1F. The lowest BCUT2D eigenvalue weighted by Gasteiger charge is -2.11. The van der Waals surface area contributed by atoms with E-state index in [1.807, 2.05) is 38.1 Å². The van der Waals surface area contributed by atoms with Crippen molar-refractivity contribution in [1.82, 2.24) is 0 Å². The molecule has 0 spiro atoms. The van der Waals surface area contributed by atoms with Gasteiger partial charge in [-0.1, -0.05) is 30.3 Å². The van der Waals surface area contributed by atoms with Gasteiger partial charge in [-0.05, 0) is 42.7 Å². The van der Waals surface area contributed by atoms with Crippen LogP contribution in [0.4, 0.5) is 4.39 Å². The Balaban J connectivity index is 2.10. The van der Waals surface area contributed by atoms with Gasteiger partial charge in [-0.2, -0.15) is 0 Å². The highest BCUT2D eigenvalue weighted by atomic mass is 19.1. The highest BCUT2D eigenvalue weighted by Gasteiger charge is 2.08. The smallest absolute Gasteiger partial charge is 0.165 e. The minimum atomic E-state index is -0.372. The highest BCUT2D eigenvalue weighted by molar-refractivity contribution is 5.31. The van der Waals surface area contributed by atoms with Gasteiger partial charge >= 0.3 is 0 Å². The van der Waals surface area contributed by atoms with Crippen LogP contribution in [0.25, 0.3) is 0 Å². The van der Waals surface area contributed by atoms with Gasteiger partial charge in [0.2, 0.25) is 0 Å². The summed E-state index contributed by atoms with van der Waals surface area (Å²) in [5.74, 6) is -0.115. The Morgan fingerprint density at radius 3 is 2.58 bits per heavy atom. The summed E-state index contributed by atoms with van der Waals surface area (Å²) in [4.78, 5) is 0. The van der Waals surface area contributed by atoms with E-state index in [1.165, 1.54) is 6.07 Å². The average molecular weight is 259 g/mol. The first-order valence-corrected chi connectivity index (χ1v) is 6.30. The lowest BCUT2D eigenvalue weighted by atomic mass is 10.1. The van der Waals surface area contributed by atoms with Crippen molar-refractivity contribution in [3.8, 4) is 5.75 Å². The molecule has 0 unspecified atom stereocenters. The third kappa shape index (κ3) is 3.32. The molecule has 0 bridgehead atoms. The van der Waals surface area contributed by atoms with Crippen molar-refractivity contribution in [3.63, 3.8) is 0 Å². The molecule has 0 aliphatic heterocycles. The maximum Gasteiger partial charge on any atom is 0.165 e. The van der Waals surface area contributed by atoms with Crippen molar-refractivity contribution in [2.45, 2.75) is 26.5 Å². The van der Waals surface area contributed by atoms with Gasteiger partial charge < -0.3 is 10.5 Å². The second-order valence-electron chi connectivity index (χ2n) is 4.69. The molecule has 100 valence electrons. The van der Waals surface area contributed by atoms with Crippen molar-refractivity contribution in [3.05, 3.63) is 65.0 Å². The second kappa shape index (κ2) is 5.85. The molecule has 3 heteroatoms. The lowest BCUT2D eigenvalue weighted by molar-refractivity contribution is 0.289. The van der Waals surface area contributed by atoms with Gasteiger partial charge in [0.15, 0.2) is 11.6 Å². The molecule has 2 nitrogen and oxygen atoms in total. The highest BCUT2D eigenvalue weighted by Crippen LogP contribution is 2.22. The molecule has 0 radical (unpaired) electrons. The molecule has 0 saturated carbocycles. The van der Waals surface area contributed by atoms with Crippen LogP contribution in [0.2, 0.25) is 0 Å². The number of hydrogen-bond donors (Lipinski definition) is 1. The Kier molecular flexibility index (Phi) is 4.17. The van der Waals surface area contributed by atoms with Crippen LogP contribution in [-0.4, -0.2) is 0 Å². The zero-order valence-electron chi connectivity index (χ0n) is 11.2. The van der Waals surface area contributed by atoms with E-state index in [9.17, 15) is 4.39 Å². The molecule has 2 aromatic carbocycles. The van der Waals surface area contributed by atoms with E-state index in [0.29, 0.717) is 6.61 Å². The van der Waals surface area contributed by atoms with Gasteiger partial charge in [-0.25, -0.2) is 4.39 Å². The number of hydrogen-bond acceptors (Lipinski definition) is 2. The summed E-state index contributed by atoms with van der Waals surface area (Å²) in [6.07, 6.45) is 0. The molecule has 19 heavy (non-hydrogen) atoms. The van der Waals surface area contributed by atoms with Gasteiger partial charge in [0.1, 0.15) is 6.61 Å². The van der Waals surface area contributed by atoms with Crippen LogP contribution in [0.15, 0.2) is 42.5 Å². The van der Waals surface area contributed by atoms with Crippen LogP contribution in [0.1, 0.15) is 29.7 Å². The first kappa shape index (κ1) is 13.6. The molecule has 0 heterocycles. The van der Waals surface area contributed by atoms with E-state index in [0.717, 1.165) is 16.7 Å². The predicted molar refractivity (Wildman–Crippen MR) is 74.5 cm³/mol. The zero-order valence-corrected chi connectivity index (χ0v) is 11.2. The number of halogens is 1. The summed E-state index contributed by atoms with van der Waals surface area (Å²) >= 11 is 0. The first-order chi connectivity index (χ1) is 9.08. The van der Waals surface area contributed by atoms with Crippen LogP contribution >= 0.6 is 0 Å². The Morgan fingerprint density at radius 1 is 1.21 bits per heavy atom. The maximum atomic E-state index is 13.8. The van der Waals surface area contributed by atoms with Crippen LogP contribution in [0.3, 0.4) is 0 Å². The number of rotatable bonds is 4. The molecule has 1 atom stereocenters. The van der Waals surface area contributed by atoms with Crippen molar-refractivity contribution >= 4 is 0 Å². The summed E-state index contributed by atoms with van der Waals surface area (Å²) in [5.41, 5.74) is 8.66. The predicted octanol–water partition coefficient (Wildman–Crippen LogP) is 3.73. The van der Waals surface area contributed by atoms with Crippen molar-refractivity contribution in [2.75, 3.05) is 0 Å². The second-order valence-corrected chi connectivity index (χ2v) is 4.69. The quantitative estimate of drug-likeness (QED) is 0.908. The van der Waals surface area contributed by atoms with E-state index < -0.39 is 0 Å². The van der Waals surface area contributed by atoms with E-state index >= 15 is 0 Å². The van der Waals surface area contributed by atoms with E-state index in [1.54, 1.807) is 12.1 Å². The summed E-state index contributed by atoms with van der Waals surface area (Å²) in [7, 11) is 0. The molecule has 0 aliphatic rings. The molecule has 0 saturated heterocycles. The van der Waals surface area contributed by atoms with E-state index in [-0.39, 0.29) is 17.6 Å². The fraction of sp³-hybridized carbons (Fsp3) is 0.250. The van der Waals surface area contributed by atoms with Crippen LogP contribution in [0, 0.1) is 12.7 Å². The standard InChI is InChI=1S/C16H18FNO/c1-11-5-3-4-6-14(11)10-19-16-8-7-13(12(2)18)9-15(16)17/h3-9,12H,10,18H2,1-2H3/t12-/m1/s1. The largest absolute Gasteiger partial charge is 0.486 e. The molecule has 2 aromatic rings. The number of benzene rings is 2. The van der Waals surface area contributed by atoms with Gasteiger partial charge in [0.05, 0.1) is 0 Å². The number of ether oxygens (including phenoxy) is 1. The Labute approximate surface area is 113 Å². The number of aryl methyl sites for hydroxylation is 1. The normalized spacial score (nSPS) is 12.2. The fourth-order valence-electron chi connectivity index (χ4n) is 1.84. The maximum absolute atomic E-state index is 13.8. The van der Waals surface area contributed by atoms with Gasteiger partial charge in [0, 0.05) is 6.04 Å². The average Bonchev–Trinajstić information content (AvgIpc) is 2.39. The van der Waals surface area contributed by atoms with E-state index in [2.05, 4.69) is 0 Å². The molecular formula is C16H18FNO. The van der Waals surface area contributed by atoms with Crippen LogP contribution < -0.4 is 10.5 Å². The van der Waals surface area contributed by atoms with Gasteiger partial charge in [-0.15, -0.1) is 0 Å². The third-order valence-corrected chi connectivity index (χ3v) is 3.13. The third-order valence-electron chi connectivity index (χ3n) is 3.13. The molecule has 0 aromatic heterocycles. The topological polar surface area (TPSA) is 35.2 Å². The summed E-state index contributed by atoms with van der Waals surface area (Å²) in [6, 6.07) is 12.6. The Bertz CT molecular complexity index is 566. The molecule has 0 amide bonds. The van der Waals surface area contributed by atoms with Crippen molar-refractivity contribution in [1.29, 1.82) is 0 Å². The summed E-state index contributed by atoms with van der Waals surface area (Å²) in [5, 5.41) is 0. The number of nitrogens with two attached hydrogens (primary N) is 1. The Hall–Kier alpha value is -1.87. The summed E-state index contributed by atoms with van der Waals surface area (Å²) < 4.78 is 19.4. The van der Waals surface area contributed by atoms with Crippen molar-refractivity contribution in [2.24, 2.45) is 5.73 Å². The summed E-state index contributed by atoms with van der Waals surface area (Å²) in [6.45, 7) is 4.19. The molecular weight excluding hydrogens is 241 g/mol. The first-order valence-electron chi connectivity index (χ1n) is 6.30. The van der Waals surface area contributed by atoms with Gasteiger partial charge in [-0.3, -0.25) is 0 Å². The zero-order chi connectivity index (χ0) is 13.8. The Morgan fingerprint density at radius 2 is 1.95 bits per heavy atom. The molecule has 0 aliphatic carbocycles. The molecule has 0 fully saturated rings. The van der Waals surface area contributed by atoms with Gasteiger partial charge in [0.25, 0.3) is 0 Å². The lowest BCUT2D eigenvalue weighted by Crippen LogP contribution is -2.06. The van der Waals surface area contributed by atoms with Crippen molar-refractivity contribution < 1.29 is 9.13 Å². The molecule has 2 rings (SSSR count). The monoisotopic (exact) mass is 259 g/mol. The fourth-order valence-corrected chi connectivity index (χ4v) is 1.84. The van der Waals surface area contributed by atoms with Crippen LogP contribution in [-0.2, 0) is 6.61 Å². The minimum Gasteiger partial charge on any atom is -0.486 e. The minimum absolute atomic E-state index is 0.181. The van der Waals surface area contributed by atoms with Crippen LogP contribution in [0.5, 0.6) is 5.75 Å².